The summed E-state index contributed by atoms with van der Waals surface area (Å²) in [6, 6.07) is 11.0. The van der Waals surface area contributed by atoms with Crippen molar-refractivity contribution in [2.24, 2.45) is 0 Å². The highest BCUT2D eigenvalue weighted by Gasteiger charge is 2.10. The van der Waals surface area contributed by atoms with E-state index in [2.05, 4.69) is 25.3 Å². The third-order valence-corrected chi connectivity index (χ3v) is 3.46. The van der Waals surface area contributed by atoms with Gasteiger partial charge in [0.1, 0.15) is 17.8 Å². The molecule has 1 N–H and O–H groups in total. The Kier molecular flexibility index (Phi) is 3.43. The number of benzene rings is 1. The molecule has 3 aromatic heterocycles. The molecule has 4 aromatic rings. The van der Waals surface area contributed by atoms with E-state index in [-0.39, 0.29) is 11.6 Å². The molecule has 1 aromatic carbocycles. The van der Waals surface area contributed by atoms with E-state index in [0.29, 0.717) is 11.2 Å². The SMILES string of the molecule is O=C(Nc1ccc(-n2ccnc2)nc1)c1cnc2ccccc2n1. The number of carbonyl (C=O) groups excluding carboxylic acids is 1. The van der Waals surface area contributed by atoms with Gasteiger partial charge in [0.15, 0.2) is 0 Å². The molecule has 7 heteroatoms. The Hall–Kier alpha value is -3.61. The first-order chi connectivity index (χ1) is 11.8. The Labute approximate surface area is 137 Å². The number of hydrogen-bond acceptors (Lipinski definition) is 5. The summed E-state index contributed by atoms with van der Waals surface area (Å²) in [4.78, 5) is 29.1. The first kappa shape index (κ1) is 14.0. The summed E-state index contributed by atoms with van der Waals surface area (Å²) in [5, 5.41) is 2.77. The topological polar surface area (TPSA) is 85.6 Å². The molecule has 116 valence electrons. The molecule has 0 radical (unpaired) electrons. The summed E-state index contributed by atoms with van der Waals surface area (Å²) in [5.41, 5.74) is 2.27. The number of imidazole rings is 1. The van der Waals surface area contributed by atoms with Crippen molar-refractivity contribution in [1.29, 1.82) is 0 Å². The number of para-hydroxylation sites is 2. The van der Waals surface area contributed by atoms with E-state index in [9.17, 15) is 4.79 Å². The van der Waals surface area contributed by atoms with Crippen molar-refractivity contribution < 1.29 is 4.79 Å². The number of nitrogens with one attached hydrogen (secondary N) is 1. The molecule has 7 nitrogen and oxygen atoms in total. The zero-order chi connectivity index (χ0) is 16.4. The van der Waals surface area contributed by atoms with Crippen LogP contribution in [-0.2, 0) is 0 Å². The lowest BCUT2D eigenvalue weighted by atomic mass is 10.3. The van der Waals surface area contributed by atoms with E-state index in [4.69, 9.17) is 0 Å². The molecule has 1 amide bonds. The van der Waals surface area contributed by atoms with Crippen LogP contribution >= 0.6 is 0 Å². The number of amides is 1. The molecule has 0 saturated carbocycles. The molecule has 0 aliphatic heterocycles. The molecular formula is C17H12N6O. The molecule has 0 fully saturated rings. The Morgan fingerprint density at radius 1 is 1.00 bits per heavy atom. The van der Waals surface area contributed by atoms with E-state index in [0.717, 1.165) is 11.3 Å². The molecule has 4 rings (SSSR count). The lowest BCUT2D eigenvalue weighted by molar-refractivity contribution is 0.102. The number of nitrogens with zero attached hydrogens (tertiary/aromatic N) is 5. The summed E-state index contributed by atoms with van der Waals surface area (Å²) in [6.45, 7) is 0. The van der Waals surface area contributed by atoms with Crippen LogP contribution in [0.4, 0.5) is 5.69 Å². The maximum Gasteiger partial charge on any atom is 0.275 e. The molecule has 0 bridgehead atoms. The van der Waals surface area contributed by atoms with Gasteiger partial charge >= 0.3 is 0 Å². The number of hydrogen-bond donors (Lipinski definition) is 1. The summed E-state index contributed by atoms with van der Waals surface area (Å²) in [6.07, 6.45) is 8.18. The van der Waals surface area contributed by atoms with Gasteiger partial charge in [0, 0.05) is 12.4 Å². The fourth-order valence-electron chi connectivity index (χ4n) is 2.27. The van der Waals surface area contributed by atoms with Gasteiger partial charge in [-0.1, -0.05) is 12.1 Å². The zero-order valence-corrected chi connectivity index (χ0v) is 12.5. The molecule has 0 spiro atoms. The van der Waals surface area contributed by atoms with E-state index in [1.807, 2.05) is 24.3 Å². The van der Waals surface area contributed by atoms with E-state index >= 15 is 0 Å². The largest absolute Gasteiger partial charge is 0.319 e. The molecular weight excluding hydrogens is 304 g/mol. The number of carbonyl (C=O) groups is 1. The van der Waals surface area contributed by atoms with Gasteiger partial charge in [-0.15, -0.1) is 0 Å². The smallest absolute Gasteiger partial charge is 0.275 e. The van der Waals surface area contributed by atoms with Crippen molar-refractivity contribution in [3.63, 3.8) is 0 Å². The van der Waals surface area contributed by atoms with Crippen LogP contribution in [0.15, 0.2) is 67.5 Å². The number of rotatable bonds is 3. The Morgan fingerprint density at radius 3 is 2.62 bits per heavy atom. The minimum absolute atomic E-state index is 0.257. The van der Waals surface area contributed by atoms with Gasteiger partial charge in [-0.05, 0) is 24.3 Å². The van der Waals surface area contributed by atoms with Crippen LogP contribution in [0, 0.1) is 0 Å². The van der Waals surface area contributed by atoms with Crippen LogP contribution < -0.4 is 5.32 Å². The lowest BCUT2D eigenvalue weighted by Crippen LogP contribution is -2.14. The van der Waals surface area contributed by atoms with Crippen LogP contribution in [0.3, 0.4) is 0 Å². The summed E-state index contributed by atoms with van der Waals surface area (Å²) >= 11 is 0. The highest BCUT2D eigenvalue weighted by Crippen LogP contribution is 2.12. The van der Waals surface area contributed by atoms with Crippen molar-refractivity contribution in [2.45, 2.75) is 0 Å². The van der Waals surface area contributed by atoms with Crippen LogP contribution in [0.2, 0.25) is 0 Å². The van der Waals surface area contributed by atoms with E-state index in [1.165, 1.54) is 6.20 Å². The van der Waals surface area contributed by atoms with Crippen LogP contribution in [0.1, 0.15) is 10.5 Å². The molecule has 24 heavy (non-hydrogen) atoms. The van der Waals surface area contributed by atoms with Gasteiger partial charge in [0.2, 0.25) is 0 Å². The monoisotopic (exact) mass is 316 g/mol. The van der Waals surface area contributed by atoms with Gasteiger partial charge in [0.05, 0.1) is 29.1 Å². The van der Waals surface area contributed by atoms with Crippen LogP contribution in [0.5, 0.6) is 0 Å². The predicted molar refractivity (Wildman–Crippen MR) is 88.9 cm³/mol. The maximum absolute atomic E-state index is 12.3. The van der Waals surface area contributed by atoms with Gasteiger partial charge in [0.25, 0.3) is 5.91 Å². The fraction of sp³-hybridized carbons (Fsp3) is 0. The highest BCUT2D eigenvalue weighted by atomic mass is 16.1. The average Bonchev–Trinajstić information content (AvgIpc) is 3.16. The first-order valence-electron chi connectivity index (χ1n) is 7.27. The average molecular weight is 316 g/mol. The van der Waals surface area contributed by atoms with E-state index in [1.54, 1.807) is 41.6 Å². The van der Waals surface area contributed by atoms with Gasteiger partial charge in [-0.3, -0.25) is 14.3 Å². The molecule has 0 unspecified atom stereocenters. The maximum atomic E-state index is 12.3. The Balaban J connectivity index is 1.54. The number of anilines is 1. The molecule has 0 saturated heterocycles. The summed E-state index contributed by atoms with van der Waals surface area (Å²) < 4.78 is 1.78. The number of fused-ring (bicyclic) bond motifs is 1. The standard InChI is InChI=1S/C17H12N6O/c24-17(15-10-19-13-3-1-2-4-14(13)22-15)21-12-5-6-16(20-9-12)23-8-7-18-11-23/h1-11H,(H,21,24). The van der Waals surface area contributed by atoms with Crippen LogP contribution in [0.25, 0.3) is 16.9 Å². The minimum atomic E-state index is -0.328. The Bertz CT molecular complexity index is 995. The van der Waals surface area contributed by atoms with Crippen molar-refractivity contribution in [3.8, 4) is 5.82 Å². The quantitative estimate of drug-likeness (QED) is 0.627. The van der Waals surface area contributed by atoms with Crippen molar-refractivity contribution >= 4 is 22.6 Å². The van der Waals surface area contributed by atoms with Crippen molar-refractivity contribution in [1.82, 2.24) is 24.5 Å². The highest BCUT2D eigenvalue weighted by molar-refractivity contribution is 6.03. The predicted octanol–water partition coefficient (Wildman–Crippen LogP) is 2.46. The second kappa shape index (κ2) is 5.88. The van der Waals surface area contributed by atoms with Crippen molar-refractivity contribution in [3.05, 3.63) is 73.2 Å². The third kappa shape index (κ3) is 2.70. The normalized spacial score (nSPS) is 10.7. The molecule has 3 heterocycles. The minimum Gasteiger partial charge on any atom is -0.319 e. The van der Waals surface area contributed by atoms with E-state index < -0.39 is 0 Å². The van der Waals surface area contributed by atoms with Gasteiger partial charge in [-0.25, -0.2) is 15.0 Å². The van der Waals surface area contributed by atoms with Crippen molar-refractivity contribution in [2.75, 3.05) is 5.32 Å². The summed E-state index contributed by atoms with van der Waals surface area (Å²) in [5.74, 6) is 0.390. The fourth-order valence-corrected chi connectivity index (χ4v) is 2.27. The van der Waals surface area contributed by atoms with Gasteiger partial charge in [-0.2, -0.15) is 0 Å². The second-order valence-corrected chi connectivity index (χ2v) is 5.07. The summed E-state index contributed by atoms with van der Waals surface area (Å²) in [7, 11) is 0. The number of pyridine rings is 1. The Morgan fingerprint density at radius 2 is 1.88 bits per heavy atom. The number of aromatic nitrogens is 5. The first-order valence-corrected chi connectivity index (χ1v) is 7.27. The van der Waals surface area contributed by atoms with Gasteiger partial charge < -0.3 is 5.32 Å². The lowest BCUT2D eigenvalue weighted by Gasteiger charge is -2.06. The third-order valence-electron chi connectivity index (χ3n) is 3.46. The molecule has 0 aliphatic rings. The van der Waals surface area contributed by atoms with Crippen LogP contribution in [-0.4, -0.2) is 30.4 Å². The molecule has 0 aliphatic carbocycles. The second-order valence-electron chi connectivity index (χ2n) is 5.07. The molecule has 0 atom stereocenters. The zero-order valence-electron chi connectivity index (χ0n) is 12.5.